The van der Waals surface area contributed by atoms with E-state index in [1.54, 1.807) is 6.08 Å². The van der Waals surface area contributed by atoms with Gasteiger partial charge in [0.05, 0.1) is 17.9 Å². The lowest BCUT2D eigenvalue weighted by Gasteiger charge is -2.63. The van der Waals surface area contributed by atoms with Crippen LogP contribution in [0.4, 0.5) is 0 Å². The van der Waals surface area contributed by atoms with Gasteiger partial charge in [0.15, 0.2) is 11.4 Å². The predicted molar refractivity (Wildman–Crippen MR) is 102 cm³/mol. The molecule has 3 saturated carbocycles. The Hall–Kier alpha value is -1.23. The quantitative estimate of drug-likeness (QED) is 0.706. The average Bonchev–Trinajstić information content (AvgIpc) is 2.88. The molecule has 154 valence electrons. The molecule has 4 aliphatic carbocycles. The van der Waals surface area contributed by atoms with Gasteiger partial charge in [-0.25, -0.2) is 4.18 Å². The summed E-state index contributed by atoms with van der Waals surface area (Å²) in [5, 5.41) is 21.9. The zero-order chi connectivity index (χ0) is 20.6. The van der Waals surface area contributed by atoms with Crippen LogP contribution in [-0.2, 0) is 19.1 Å². The van der Waals surface area contributed by atoms with Crippen molar-refractivity contribution < 1.29 is 22.5 Å². The first-order valence-corrected chi connectivity index (χ1v) is 12.0. The largest absolute Gasteiger partial charge is 0.389 e. The number of carbonyl (C=O) groups is 1. The molecule has 6 atom stereocenters. The maximum absolute atomic E-state index is 12.0. The van der Waals surface area contributed by atoms with Gasteiger partial charge in [-0.3, -0.25) is 4.79 Å². The van der Waals surface area contributed by atoms with Gasteiger partial charge in [-0.15, -0.1) is 0 Å². The Labute approximate surface area is 167 Å². The Balaban J connectivity index is 1.75. The summed E-state index contributed by atoms with van der Waals surface area (Å²) in [4.78, 5) is 11.9. The number of hydrogen-bond acceptors (Lipinski definition) is 6. The Bertz CT molecular complexity index is 904. The van der Waals surface area contributed by atoms with Crippen LogP contribution < -0.4 is 0 Å². The van der Waals surface area contributed by atoms with E-state index >= 15 is 0 Å². The van der Waals surface area contributed by atoms with E-state index in [2.05, 4.69) is 13.0 Å². The minimum absolute atomic E-state index is 0.0173. The van der Waals surface area contributed by atoms with Crippen molar-refractivity contribution in [2.75, 3.05) is 6.26 Å². The van der Waals surface area contributed by atoms with Gasteiger partial charge in [0.2, 0.25) is 0 Å². The molecule has 1 unspecified atom stereocenters. The van der Waals surface area contributed by atoms with Gasteiger partial charge in [-0.05, 0) is 62.9 Å². The predicted octanol–water partition coefficient (Wildman–Crippen LogP) is 2.87. The van der Waals surface area contributed by atoms with Crippen LogP contribution in [0, 0.1) is 34.0 Å². The second kappa shape index (κ2) is 5.90. The van der Waals surface area contributed by atoms with Gasteiger partial charge >= 0.3 is 0 Å². The first-order valence-electron chi connectivity index (χ1n) is 10.2. The lowest BCUT2D eigenvalue weighted by Crippen LogP contribution is -2.64. The van der Waals surface area contributed by atoms with Crippen LogP contribution in [0.2, 0.25) is 0 Å². The molecule has 0 aliphatic heterocycles. The molecular formula is C21H29NO5S. The summed E-state index contributed by atoms with van der Waals surface area (Å²) < 4.78 is 29.3. The summed E-state index contributed by atoms with van der Waals surface area (Å²) in [6.45, 7) is 4.05. The Morgan fingerprint density at radius 3 is 2.50 bits per heavy atom. The fourth-order valence-corrected chi connectivity index (χ4v) is 7.93. The average molecular weight is 408 g/mol. The first kappa shape index (κ1) is 20.1. The number of hydrogen-bond donors (Lipinski definition) is 1. The van der Waals surface area contributed by atoms with Crippen molar-refractivity contribution in [1.82, 2.24) is 0 Å². The molecule has 0 amide bonds. The number of rotatable bonds is 2. The minimum Gasteiger partial charge on any atom is -0.389 e. The van der Waals surface area contributed by atoms with Crippen LogP contribution in [0.25, 0.3) is 0 Å². The van der Waals surface area contributed by atoms with Gasteiger partial charge in [-0.2, -0.15) is 13.7 Å². The zero-order valence-corrected chi connectivity index (χ0v) is 17.6. The number of ketones is 1. The van der Waals surface area contributed by atoms with Crippen molar-refractivity contribution in [3.63, 3.8) is 0 Å². The van der Waals surface area contributed by atoms with Gasteiger partial charge in [0.25, 0.3) is 10.1 Å². The van der Waals surface area contributed by atoms with E-state index in [-0.39, 0.29) is 17.6 Å². The molecule has 0 heterocycles. The standard InChI is InChI=1S/C21H29NO5S/c1-18-8-6-15(23)12-14(18)4-5-17-16-7-9-20(13-22,27-28(3,25)26)19(16,2)10-11-21(17,18)24/h12,16-17,24H,4-11H2,1-3H3/t16-,17-,18-,19-,20?,21-/m0/s1. The fraction of sp³-hybridized carbons (Fsp3) is 0.810. The third-order valence-corrected chi connectivity index (χ3v) is 9.33. The lowest BCUT2D eigenvalue weighted by atomic mass is 9.44. The highest BCUT2D eigenvalue weighted by Crippen LogP contribution is 2.69. The van der Waals surface area contributed by atoms with Crippen molar-refractivity contribution in [2.24, 2.45) is 22.7 Å². The van der Waals surface area contributed by atoms with Crippen LogP contribution in [0.5, 0.6) is 0 Å². The highest BCUT2D eigenvalue weighted by atomic mass is 32.2. The lowest BCUT2D eigenvalue weighted by molar-refractivity contribution is -0.200. The van der Waals surface area contributed by atoms with Crippen LogP contribution in [0.15, 0.2) is 11.6 Å². The van der Waals surface area contributed by atoms with E-state index in [0.717, 1.165) is 24.7 Å². The molecule has 0 spiro atoms. The Morgan fingerprint density at radius 2 is 1.86 bits per heavy atom. The van der Waals surface area contributed by atoms with E-state index in [1.807, 2.05) is 6.92 Å². The van der Waals surface area contributed by atoms with Crippen molar-refractivity contribution in [3.05, 3.63) is 11.6 Å². The molecule has 0 aromatic rings. The van der Waals surface area contributed by atoms with Crippen LogP contribution in [-0.4, -0.2) is 36.8 Å². The molecule has 4 aliphatic rings. The molecule has 0 aromatic carbocycles. The van der Waals surface area contributed by atoms with Crippen molar-refractivity contribution in [2.45, 2.75) is 76.4 Å². The summed E-state index contributed by atoms with van der Waals surface area (Å²) in [7, 11) is -3.78. The summed E-state index contributed by atoms with van der Waals surface area (Å²) in [5.41, 5.74) is -2.29. The van der Waals surface area contributed by atoms with E-state index in [0.29, 0.717) is 38.5 Å². The number of nitriles is 1. The van der Waals surface area contributed by atoms with Crippen molar-refractivity contribution in [1.29, 1.82) is 5.26 Å². The molecule has 0 bridgehead atoms. The molecule has 0 aromatic heterocycles. The topological polar surface area (TPSA) is 104 Å². The smallest absolute Gasteiger partial charge is 0.265 e. The molecule has 4 rings (SSSR count). The molecular weight excluding hydrogens is 378 g/mol. The van der Waals surface area contributed by atoms with E-state index in [9.17, 15) is 23.6 Å². The number of fused-ring (bicyclic) bond motifs is 5. The normalized spacial score (nSPS) is 48.1. The molecule has 0 radical (unpaired) electrons. The van der Waals surface area contributed by atoms with Crippen LogP contribution >= 0.6 is 0 Å². The van der Waals surface area contributed by atoms with E-state index in [4.69, 9.17) is 4.18 Å². The van der Waals surface area contributed by atoms with Crippen LogP contribution in [0.3, 0.4) is 0 Å². The number of aliphatic hydroxyl groups is 1. The van der Waals surface area contributed by atoms with Gasteiger partial charge < -0.3 is 5.11 Å². The molecule has 0 saturated heterocycles. The fourth-order valence-electron chi connectivity index (χ4n) is 7.10. The third-order valence-electron chi connectivity index (χ3n) is 8.74. The maximum atomic E-state index is 12.0. The Morgan fingerprint density at radius 1 is 1.14 bits per heavy atom. The minimum atomic E-state index is -3.78. The maximum Gasteiger partial charge on any atom is 0.265 e. The van der Waals surface area contributed by atoms with E-state index in [1.165, 1.54) is 0 Å². The molecule has 28 heavy (non-hydrogen) atoms. The summed E-state index contributed by atoms with van der Waals surface area (Å²) in [6.07, 6.45) is 7.43. The third kappa shape index (κ3) is 2.44. The summed E-state index contributed by atoms with van der Waals surface area (Å²) in [6, 6.07) is 2.21. The number of nitrogens with zero attached hydrogens (tertiary/aromatic N) is 1. The SMILES string of the molecule is C[C@]12CC[C@]3(O)[C@@H](CCC4=CC(=O)CC[C@@]43C)[C@@H]1CCC2(C#N)OS(C)(=O)=O. The van der Waals surface area contributed by atoms with Crippen molar-refractivity contribution in [3.8, 4) is 6.07 Å². The van der Waals surface area contributed by atoms with Gasteiger partial charge in [0, 0.05) is 17.3 Å². The second-order valence-corrected chi connectivity index (χ2v) is 11.4. The molecule has 3 fully saturated rings. The Kier molecular flexibility index (Phi) is 4.23. The monoisotopic (exact) mass is 407 g/mol. The van der Waals surface area contributed by atoms with Gasteiger partial charge in [-0.1, -0.05) is 19.4 Å². The van der Waals surface area contributed by atoms with Crippen LogP contribution in [0.1, 0.15) is 65.2 Å². The highest BCUT2D eigenvalue weighted by Gasteiger charge is 2.70. The first-order chi connectivity index (χ1) is 12.9. The molecule has 7 heteroatoms. The zero-order valence-electron chi connectivity index (χ0n) is 16.8. The second-order valence-electron chi connectivity index (χ2n) is 9.83. The molecule has 6 nitrogen and oxygen atoms in total. The highest BCUT2D eigenvalue weighted by molar-refractivity contribution is 7.86. The van der Waals surface area contributed by atoms with Crippen molar-refractivity contribution >= 4 is 15.9 Å². The number of carbonyl (C=O) groups excluding carboxylic acids is 1. The summed E-state index contributed by atoms with van der Waals surface area (Å²) >= 11 is 0. The van der Waals surface area contributed by atoms with Gasteiger partial charge in [0.1, 0.15) is 0 Å². The summed E-state index contributed by atoms with van der Waals surface area (Å²) in [5.74, 6) is 0.129. The molecule has 1 N–H and O–H groups in total. The van der Waals surface area contributed by atoms with E-state index < -0.39 is 32.2 Å².